The average Bonchev–Trinajstić information content (AvgIpc) is 2.43. The van der Waals surface area contributed by atoms with Gasteiger partial charge in [-0.15, -0.1) is 0 Å². The summed E-state index contributed by atoms with van der Waals surface area (Å²) in [5, 5.41) is 5.11. The average molecular weight is 283 g/mol. The molecule has 5 heteroatoms. The Kier molecular flexibility index (Phi) is 4.33. The molecule has 0 unspecified atom stereocenters. The van der Waals surface area contributed by atoms with Crippen LogP contribution in [0.5, 0.6) is 0 Å². The molecule has 0 saturated heterocycles. The van der Waals surface area contributed by atoms with Crippen molar-refractivity contribution in [1.82, 2.24) is 4.98 Å². The van der Waals surface area contributed by atoms with E-state index in [2.05, 4.69) is 15.6 Å². The summed E-state index contributed by atoms with van der Waals surface area (Å²) in [5.41, 5.74) is 3.24. The lowest BCUT2D eigenvalue weighted by Crippen LogP contribution is -2.30. The number of rotatable bonds is 2. The van der Waals surface area contributed by atoms with Gasteiger partial charge in [-0.1, -0.05) is 24.3 Å². The number of nitrogens with zero attached hydrogens (tertiary/aromatic N) is 1. The zero-order valence-corrected chi connectivity index (χ0v) is 12.2. The predicted molar refractivity (Wildman–Crippen MR) is 82.1 cm³/mol. The van der Waals surface area contributed by atoms with Crippen LogP contribution in [0.2, 0.25) is 0 Å². The van der Waals surface area contributed by atoms with Gasteiger partial charge in [-0.3, -0.25) is 9.59 Å². The number of carbonyl (C=O) groups excluding carboxylic acids is 2. The van der Waals surface area contributed by atoms with Gasteiger partial charge in [0.05, 0.1) is 0 Å². The molecule has 108 valence electrons. The highest BCUT2D eigenvalue weighted by molar-refractivity contribution is 6.43. The molecule has 0 radical (unpaired) electrons. The van der Waals surface area contributed by atoms with Gasteiger partial charge in [0.15, 0.2) is 0 Å². The molecule has 5 nitrogen and oxygen atoms in total. The van der Waals surface area contributed by atoms with E-state index in [4.69, 9.17) is 0 Å². The Bertz CT molecular complexity index is 675. The second-order valence-corrected chi connectivity index (χ2v) is 4.84. The summed E-state index contributed by atoms with van der Waals surface area (Å²) >= 11 is 0. The highest BCUT2D eigenvalue weighted by Gasteiger charge is 2.16. The molecular weight excluding hydrogens is 266 g/mol. The van der Waals surface area contributed by atoms with Crippen molar-refractivity contribution in [2.75, 3.05) is 10.6 Å². The smallest absolute Gasteiger partial charge is 0.315 e. The van der Waals surface area contributed by atoms with Gasteiger partial charge in [-0.25, -0.2) is 4.98 Å². The van der Waals surface area contributed by atoms with Crippen LogP contribution in [0.25, 0.3) is 0 Å². The SMILES string of the molecule is Cc1cccc(NC(=O)C(=O)Nc2c(C)cccc2C)n1. The minimum Gasteiger partial charge on any atom is -0.317 e. The molecule has 21 heavy (non-hydrogen) atoms. The first kappa shape index (κ1) is 14.7. The lowest BCUT2D eigenvalue weighted by molar-refractivity contribution is -0.133. The molecule has 2 aromatic rings. The van der Waals surface area contributed by atoms with Crippen molar-refractivity contribution in [2.45, 2.75) is 20.8 Å². The van der Waals surface area contributed by atoms with Gasteiger partial charge in [0.25, 0.3) is 0 Å². The molecule has 1 aromatic heterocycles. The predicted octanol–water partition coefficient (Wildman–Crippen LogP) is 2.58. The van der Waals surface area contributed by atoms with Crippen LogP contribution in [0.15, 0.2) is 36.4 Å². The third-order valence-corrected chi connectivity index (χ3v) is 3.06. The van der Waals surface area contributed by atoms with Crippen LogP contribution in [0, 0.1) is 20.8 Å². The monoisotopic (exact) mass is 283 g/mol. The number of benzene rings is 1. The summed E-state index contributed by atoms with van der Waals surface area (Å²) in [5.74, 6) is -1.09. The molecule has 0 aliphatic heterocycles. The zero-order chi connectivity index (χ0) is 15.4. The summed E-state index contributed by atoms with van der Waals surface area (Å²) < 4.78 is 0. The van der Waals surface area contributed by atoms with E-state index in [0.29, 0.717) is 11.5 Å². The number of para-hydroxylation sites is 1. The minimum absolute atomic E-state index is 0.358. The first-order valence-corrected chi connectivity index (χ1v) is 6.59. The first-order valence-electron chi connectivity index (χ1n) is 6.59. The maximum Gasteiger partial charge on any atom is 0.315 e. The maximum atomic E-state index is 12.0. The van der Waals surface area contributed by atoms with Crippen LogP contribution in [0.3, 0.4) is 0 Å². The Hall–Kier alpha value is -2.69. The van der Waals surface area contributed by atoms with Crippen molar-refractivity contribution in [2.24, 2.45) is 0 Å². The Labute approximate surface area is 123 Å². The summed E-state index contributed by atoms with van der Waals surface area (Å²) in [7, 11) is 0. The second-order valence-electron chi connectivity index (χ2n) is 4.84. The van der Waals surface area contributed by atoms with E-state index in [-0.39, 0.29) is 0 Å². The fraction of sp³-hybridized carbons (Fsp3) is 0.188. The number of hydrogen-bond acceptors (Lipinski definition) is 3. The molecule has 1 aromatic carbocycles. The molecule has 2 amide bonds. The second kappa shape index (κ2) is 6.17. The number of pyridine rings is 1. The molecule has 2 rings (SSSR count). The van der Waals surface area contributed by atoms with Crippen LogP contribution in [-0.2, 0) is 9.59 Å². The van der Waals surface area contributed by atoms with Gasteiger partial charge in [0.1, 0.15) is 5.82 Å². The van der Waals surface area contributed by atoms with Gasteiger partial charge >= 0.3 is 11.8 Å². The quantitative estimate of drug-likeness (QED) is 0.832. The molecule has 2 N–H and O–H groups in total. The first-order chi connectivity index (χ1) is 9.97. The molecule has 0 fully saturated rings. The topological polar surface area (TPSA) is 71.1 Å². The molecule has 0 spiro atoms. The minimum atomic E-state index is -0.740. The van der Waals surface area contributed by atoms with Crippen molar-refractivity contribution in [3.8, 4) is 0 Å². The van der Waals surface area contributed by atoms with Gasteiger partial charge in [-0.05, 0) is 44.0 Å². The van der Waals surface area contributed by atoms with E-state index < -0.39 is 11.8 Å². The van der Waals surface area contributed by atoms with Gasteiger partial charge in [0.2, 0.25) is 0 Å². The number of aryl methyl sites for hydroxylation is 3. The number of nitrogens with one attached hydrogen (secondary N) is 2. The fourth-order valence-corrected chi connectivity index (χ4v) is 1.97. The summed E-state index contributed by atoms with van der Waals surface area (Å²) in [6.45, 7) is 5.57. The molecule has 0 bridgehead atoms. The van der Waals surface area contributed by atoms with E-state index >= 15 is 0 Å². The van der Waals surface area contributed by atoms with Crippen molar-refractivity contribution >= 4 is 23.3 Å². The summed E-state index contributed by atoms with van der Waals surface area (Å²) in [6, 6.07) is 10.9. The van der Waals surface area contributed by atoms with E-state index in [1.54, 1.807) is 12.1 Å². The largest absolute Gasteiger partial charge is 0.317 e. The molecular formula is C16H17N3O2. The third-order valence-electron chi connectivity index (χ3n) is 3.06. The Morgan fingerprint density at radius 1 is 0.857 bits per heavy atom. The van der Waals surface area contributed by atoms with Gasteiger partial charge < -0.3 is 10.6 Å². The van der Waals surface area contributed by atoms with Crippen molar-refractivity contribution in [3.63, 3.8) is 0 Å². The molecule has 0 saturated carbocycles. The van der Waals surface area contributed by atoms with Crippen LogP contribution in [0.4, 0.5) is 11.5 Å². The molecule has 0 aliphatic carbocycles. The van der Waals surface area contributed by atoms with Crippen LogP contribution < -0.4 is 10.6 Å². The standard InChI is InChI=1S/C16H17N3O2/c1-10-6-4-7-11(2)14(10)19-16(21)15(20)18-13-9-5-8-12(3)17-13/h4-9H,1-3H3,(H,19,21)(H,17,18,20). The number of carbonyl (C=O) groups is 2. The third kappa shape index (κ3) is 3.66. The van der Waals surface area contributed by atoms with Crippen molar-refractivity contribution in [3.05, 3.63) is 53.2 Å². The van der Waals surface area contributed by atoms with Gasteiger partial charge in [-0.2, -0.15) is 0 Å². The van der Waals surface area contributed by atoms with Gasteiger partial charge in [0, 0.05) is 11.4 Å². The highest BCUT2D eigenvalue weighted by atomic mass is 16.2. The van der Waals surface area contributed by atoms with E-state index in [1.807, 2.05) is 45.0 Å². The van der Waals surface area contributed by atoms with E-state index in [0.717, 1.165) is 16.8 Å². The van der Waals surface area contributed by atoms with E-state index in [9.17, 15) is 9.59 Å². The molecule has 0 aliphatic rings. The normalized spacial score (nSPS) is 10.0. The fourth-order valence-electron chi connectivity index (χ4n) is 1.97. The van der Waals surface area contributed by atoms with Crippen LogP contribution in [0.1, 0.15) is 16.8 Å². The van der Waals surface area contributed by atoms with E-state index in [1.165, 1.54) is 0 Å². The number of hydrogen-bond donors (Lipinski definition) is 2. The van der Waals surface area contributed by atoms with Crippen LogP contribution in [-0.4, -0.2) is 16.8 Å². The van der Waals surface area contributed by atoms with Crippen LogP contribution >= 0.6 is 0 Å². The Morgan fingerprint density at radius 3 is 2.05 bits per heavy atom. The number of aromatic nitrogens is 1. The summed E-state index contributed by atoms with van der Waals surface area (Å²) in [6.07, 6.45) is 0. The Morgan fingerprint density at radius 2 is 1.43 bits per heavy atom. The zero-order valence-electron chi connectivity index (χ0n) is 12.2. The van der Waals surface area contributed by atoms with Crippen molar-refractivity contribution < 1.29 is 9.59 Å². The maximum absolute atomic E-state index is 12.0. The summed E-state index contributed by atoms with van der Waals surface area (Å²) in [4.78, 5) is 28.0. The molecule has 1 heterocycles. The lowest BCUT2D eigenvalue weighted by Gasteiger charge is -2.11. The number of anilines is 2. The molecule has 0 atom stereocenters. The number of amides is 2. The lowest BCUT2D eigenvalue weighted by atomic mass is 10.1. The van der Waals surface area contributed by atoms with Crippen molar-refractivity contribution in [1.29, 1.82) is 0 Å². The Balaban J connectivity index is 2.08. The highest BCUT2D eigenvalue weighted by Crippen LogP contribution is 2.19.